The van der Waals surface area contributed by atoms with Crippen LogP contribution >= 0.6 is 11.6 Å². The number of benzene rings is 4. The fourth-order valence-electron chi connectivity index (χ4n) is 4.75. The average molecular weight is 542 g/mol. The number of rotatable bonds is 8. The summed E-state index contributed by atoms with van der Waals surface area (Å²) in [6.45, 7) is 1.94. The number of fused-ring (bicyclic) bond motifs is 1. The molecule has 0 saturated heterocycles. The first-order valence-electron chi connectivity index (χ1n) is 12.5. The van der Waals surface area contributed by atoms with Crippen LogP contribution in [0.5, 0.6) is 0 Å². The van der Waals surface area contributed by atoms with Gasteiger partial charge in [0.25, 0.3) is 5.91 Å². The lowest BCUT2D eigenvalue weighted by atomic mass is 9.93. The fourth-order valence-corrected chi connectivity index (χ4v) is 5.03. The van der Waals surface area contributed by atoms with Gasteiger partial charge in [-0.05, 0) is 48.4 Å². The van der Waals surface area contributed by atoms with E-state index in [2.05, 4.69) is 15.3 Å². The van der Waals surface area contributed by atoms with Crippen molar-refractivity contribution in [3.05, 3.63) is 112 Å². The summed E-state index contributed by atoms with van der Waals surface area (Å²) < 4.78 is 14.5. The number of H-pyrrole nitrogens is 1. The predicted octanol–water partition coefficient (Wildman–Crippen LogP) is 7.66. The van der Waals surface area contributed by atoms with Crippen LogP contribution in [0.2, 0.25) is 5.02 Å². The quantitative estimate of drug-likeness (QED) is 0.188. The van der Waals surface area contributed by atoms with Crippen LogP contribution in [0.4, 0.5) is 4.39 Å². The normalized spacial score (nSPS) is 11.9. The monoisotopic (exact) mass is 541 g/mol. The molecule has 0 aliphatic carbocycles. The van der Waals surface area contributed by atoms with Crippen LogP contribution in [-0.2, 0) is 0 Å². The van der Waals surface area contributed by atoms with Gasteiger partial charge in [0, 0.05) is 27.3 Å². The van der Waals surface area contributed by atoms with Gasteiger partial charge in [0.2, 0.25) is 0 Å². The first-order chi connectivity index (χ1) is 18.9. The zero-order valence-electron chi connectivity index (χ0n) is 21.0. The molecule has 0 aliphatic rings. The Morgan fingerprint density at radius 2 is 1.77 bits per heavy atom. The molecule has 5 rings (SSSR count). The number of imidazole rings is 1. The van der Waals surface area contributed by atoms with E-state index in [1.807, 2.05) is 37.3 Å². The van der Waals surface area contributed by atoms with Gasteiger partial charge in [0.1, 0.15) is 11.6 Å². The highest BCUT2D eigenvalue weighted by molar-refractivity contribution is 6.34. The van der Waals surface area contributed by atoms with Gasteiger partial charge in [-0.15, -0.1) is 0 Å². The second kappa shape index (κ2) is 11.1. The molecule has 196 valence electrons. The maximum Gasteiger partial charge on any atom is 0.336 e. The van der Waals surface area contributed by atoms with Crippen molar-refractivity contribution in [2.24, 2.45) is 0 Å². The number of carbonyl (C=O) groups excluding carboxylic acids is 1. The van der Waals surface area contributed by atoms with E-state index in [1.54, 1.807) is 42.5 Å². The Bertz CT molecular complexity index is 1670. The molecule has 1 amide bonds. The molecule has 1 aromatic heterocycles. The lowest BCUT2D eigenvalue weighted by Gasteiger charge is -2.20. The number of amides is 1. The van der Waals surface area contributed by atoms with Crippen molar-refractivity contribution < 1.29 is 19.1 Å². The van der Waals surface area contributed by atoms with Crippen LogP contribution in [0, 0.1) is 5.82 Å². The molecule has 0 saturated carbocycles. The van der Waals surface area contributed by atoms with Crippen LogP contribution in [0.15, 0.2) is 84.9 Å². The van der Waals surface area contributed by atoms with Crippen molar-refractivity contribution in [1.29, 1.82) is 0 Å². The predicted molar refractivity (Wildman–Crippen MR) is 150 cm³/mol. The number of carboxylic acids is 1. The number of para-hydroxylation sites is 2. The number of carbonyl (C=O) groups is 2. The Labute approximate surface area is 229 Å². The largest absolute Gasteiger partial charge is 0.478 e. The minimum absolute atomic E-state index is 0.0916. The number of carboxylic acid groups (broad SMARTS) is 1. The van der Waals surface area contributed by atoms with Gasteiger partial charge in [-0.1, -0.05) is 73.5 Å². The highest BCUT2D eigenvalue weighted by atomic mass is 35.5. The van der Waals surface area contributed by atoms with Gasteiger partial charge in [-0.25, -0.2) is 14.2 Å². The molecule has 8 heteroatoms. The Morgan fingerprint density at radius 1 is 1.00 bits per heavy atom. The van der Waals surface area contributed by atoms with Crippen molar-refractivity contribution in [1.82, 2.24) is 15.3 Å². The van der Waals surface area contributed by atoms with Crippen LogP contribution in [-0.4, -0.2) is 27.0 Å². The van der Waals surface area contributed by atoms with Crippen molar-refractivity contribution in [3.63, 3.8) is 0 Å². The molecule has 39 heavy (non-hydrogen) atoms. The van der Waals surface area contributed by atoms with Crippen molar-refractivity contribution >= 4 is 34.5 Å². The SMILES string of the molecule is CCCC(NC(=O)c1ccc(-c2c(Cl)cccc2-c2nc3ccccc3[nH]2)c(C(=O)O)c1)c1ccccc1F. The Morgan fingerprint density at radius 3 is 2.51 bits per heavy atom. The number of aromatic amines is 1. The summed E-state index contributed by atoms with van der Waals surface area (Å²) in [7, 11) is 0. The van der Waals surface area contributed by atoms with Gasteiger partial charge in [-0.3, -0.25) is 4.79 Å². The molecule has 0 aliphatic heterocycles. The van der Waals surface area contributed by atoms with Gasteiger partial charge >= 0.3 is 5.97 Å². The number of aromatic carboxylic acids is 1. The molecule has 6 nitrogen and oxygen atoms in total. The highest BCUT2D eigenvalue weighted by Gasteiger charge is 2.23. The lowest BCUT2D eigenvalue weighted by Crippen LogP contribution is -2.29. The molecular weight excluding hydrogens is 517 g/mol. The molecule has 0 spiro atoms. The van der Waals surface area contributed by atoms with E-state index in [1.165, 1.54) is 12.1 Å². The summed E-state index contributed by atoms with van der Waals surface area (Å²) >= 11 is 6.63. The lowest BCUT2D eigenvalue weighted by molar-refractivity contribution is 0.0697. The number of hydrogen-bond acceptors (Lipinski definition) is 3. The topological polar surface area (TPSA) is 95.1 Å². The molecular formula is C31H25ClFN3O3. The van der Waals surface area contributed by atoms with E-state index >= 15 is 0 Å². The summed E-state index contributed by atoms with van der Waals surface area (Å²) in [5, 5.41) is 13.3. The van der Waals surface area contributed by atoms with Gasteiger partial charge in [0.05, 0.1) is 22.6 Å². The van der Waals surface area contributed by atoms with Gasteiger partial charge < -0.3 is 15.4 Å². The van der Waals surface area contributed by atoms with E-state index in [0.717, 1.165) is 17.5 Å². The highest BCUT2D eigenvalue weighted by Crippen LogP contribution is 2.39. The summed E-state index contributed by atoms with van der Waals surface area (Å²) in [6, 6.07) is 23.0. The third kappa shape index (κ3) is 5.26. The zero-order valence-corrected chi connectivity index (χ0v) is 21.8. The molecule has 1 heterocycles. The second-order valence-electron chi connectivity index (χ2n) is 9.17. The number of nitrogens with one attached hydrogen (secondary N) is 2. The summed E-state index contributed by atoms with van der Waals surface area (Å²) in [4.78, 5) is 33.6. The van der Waals surface area contributed by atoms with Crippen molar-refractivity contribution in [2.45, 2.75) is 25.8 Å². The van der Waals surface area contributed by atoms with Crippen LogP contribution in [0.1, 0.15) is 52.1 Å². The molecule has 0 bridgehead atoms. The summed E-state index contributed by atoms with van der Waals surface area (Å²) in [5.41, 5.74) is 3.49. The van der Waals surface area contributed by atoms with Crippen molar-refractivity contribution in [2.75, 3.05) is 0 Å². The standard InChI is InChI=1S/C31H25ClFN3O3/c1-2-8-25(20-9-3-4-12-24(20)33)36-30(37)18-15-16-19(22(17-18)31(38)39)28-21(10-7-11-23(28)32)29-34-26-13-5-6-14-27(26)35-29/h3-7,9-17,25H,2,8H2,1H3,(H,34,35)(H,36,37)(H,38,39). The van der Waals surface area contributed by atoms with Crippen molar-refractivity contribution in [3.8, 4) is 22.5 Å². The van der Waals surface area contributed by atoms with Gasteiger partial charge in [-0.2, -0.15) is 0 Å². The maximum atomic E-state index is 14.5. The second-order valence-corrected chi connectivity index (χ2v) is 9.57. The number of aromatic nitrogens is 2. The number of hydrogen-bond donors (Lipinski definition) is 3. The summed E-state index contributed by atoms with van der Waals surface area (Å²) in [6.07, 6.45) is 1.24. The minimum Gasteiger partial charge on any atom is -0.478 e. The van der Waals surface area contributed by atoms with Gasteiger partial charge in [0.15, 0.2) is 0 Å². The van der Waals surface area contributed by atoms with E-state index in [4.69, 9.17) is 11.6 Å². The van der Waals surface area contributed by atoms with E-state index in [-0.39, 0.29) is 11.1 Å². The third-order valence-electron chi connectivity index (χ3n) is 6.60. The van der Waals surface area contributed by atoms with Crippen LogP contribution < -0.4 is 5.32 Å². The zero-order chi connectivity index (χ0) is 27.5. The Hall–Kier alpha value is -4.49. The number of halogens is 2. The van der Waals surface area contributed by atoms with E-state index in [9.17, 15) is 19.1 Å². The molecule has 0 radical (unpaired) electrons. The number of nitrogens with zero attached hydrogens (tertiary/aromatic N) is 1. The minimum atomic E-state index is -1.21. The molecule has 5 aromatic rings. The molecule has 1 atom stereocenters. The van der Waals surface area contributed by atoms with E-state index in [0.29, 0.717) is 39.5 Å². The Balaban J connectivity index is 1.55. The molecule has 3 N–H and O–H groups in total. The smallest absolute Gasteiger partial charge is 0.336 e. The summed E-state index contributed by atoms with van der Waals surface area (Å²) in [5.74, 6) is -1.58. The fraction of sp³-hybridized carbons (Fsp3) is 0.129. The molecule has 1 unspecified atom stereocenters. The average Bonchev–Trinajstić information content (AvgIpc) is 3.37. The van der Waals surface area contributed by atoms with E-state index < -0.39 is 23.7 Å². The maximum absolute atomic E-state index is 14.5. The molecule has 4 aromatic carbocycles. The van der Waals surface area contributed by atoms with Crippen LogP contribution in [0.3, 0.4) is 0 Å². The first-order valence-corrected chi connectivity index (χ1v) is 12.9. The Kier molecular flexibility index (Phi) is 7.43. The molecule has 0 fully saturated rings. The van der Waals surface area contributed by atoms with Crippen LogP contribution in [0.25, 0.3) is 33.5 Å². The third-order valence-corrected chi connectivity index (χ3v) is 6.92. The first kappa shape index (κ1) is 26.1.